The first-order valence-corrected chi connectivity index (χ1v) is 8.46. The Labute approximate surface area is 127 Å². The molecule has 0 unspecified atom stereocenters. The van der Waals surface area contributed by atoms with Gasteiger partial charge in [0, 0.05) is 30.6 Å². The van der Waals surface area contributed by atoms with Gasteiger partial charge in [0.2, 0.25) is 0 Å². The van der Waals surface area contributed by atoms with Crippen molar-refractivity contribution in [3.8, 4) is 0 Å². The van der Waals surface area contributed by atoms with Crippen molar-refractivity contribution in [1.29, 1.82) is 0 Å². The Hall–Kier alpha value is -1.50. The van der Waals surface area contributed by atoms with Crippen LogP contribution in [0.5, 0.6) is 0 Å². The van der Waals surface area contributed by atoms with Crippen LogP contribution in [0.15, 0.2) is 30.4 Å². The van der Waals surface area contributed by atoms with Crippen molar-refractivity contribution in [3.63, 3.8) is 0 Å². The van der Waals surface area contributed by atoms with Crippen molar-refractivity contribution in [3.05, 3.63) is 52.6 Å². The molecule has 0 radical (unpaired) electrons. The summed E-state index contributed by atoms with van der Waals surface area (Å²) in [5, 5.41) is 0. The van der Waals surface area contributed by atoms with Crippen LogP contribution in [0.4, 0.5) is 5.69 Å². The lowest BCUT2D eigenvalue weighted by Crippen LogP contribution is -2.44. The van der Waals surface area contributed by atoms with Crippen LogP contribution in [0.25, 0.3) is 0 Å². The van der Waals surface area contributed by atoms with Crippen LogP contribution < -0.4 is 4.90 Å². The SMILES string of the molecule is Cc1cc2c3c(c1C)[C@@H]1C=CC[C@@H]1CN3C[C@H]1CC=C[C@@H]21. The predicted molar refractivity (Wildman–Crippen MR) is 88.1 cm³/mol. The summed E-state index contributed by atoms with van der Waals surface area (Å²) < 4.78 is 0. The van der Waals surface area contributed by atoms with Gasteiger partial charge in [0.05, 0.1) is 0 Å². The highest BCUT2D eigenvalue weighted by atomic mass is 15.2. The van der Waals surface area contributed by atoms with E-state index in [2.05, 4.69) is 49.1 Å². The average molecular weight is 277 g/mol. The maximum atomic E-state index is 2.74. The fourth-order valence-corrected chi connectivity index (χ4v) is 5.27. The highest BCUT2D eigenvalue weighted by molar-refractivity contribution is 5.71. The van der Waals surface area contributed by atoms with Crippen molar-refractivity contribution in [2.45, 2.75) is 38.5 Å². The zero-order valence-electron chi connectivity index (χ0n) is 13.0. The lowest BCUT2D eigenvalue weighted by atomic mass is 9.73. The van der Waals surface area contributed by atoms with Gasteiger partial charge in [-0.05, 0) is 60.8 Å². The minimum absolute atomic E-state index is 0.677. The maximum absolute atomic E-state index is 2.74. The van der Waals surface area contributed by atoms with Gasteiger partial charge in [-0.1, -0.05) is 30.4 Å². The molecule has 1 aromatic carbocycles. The van der Waals surface area contributed by atoms with Crippen molar-refractivity contribution in [2.75, 3.05) is 18.0 Å². The molecule has 0 aromatic heterocycles. The molecule has 0 fully saturated rings. The van der Waals surface area contributed by atoms with E-state index in [1.165, 1.54) is 31.5 Å². The number of hydrogen-bond donors (Lipinski definition) is 0. The first-order valence-electron chi connectivity index (χ1n) is 8.46. The lowest BCUT2D eigenvalue weighted by molar-refractivity contribution is 0.409. The second kappa shape index (κ2) is 4.03. The summed E-state index contributed by atoms with van der Waals surface area (Å²) in [6.45, 7) is 7.18. The van der Waals surface area contributed by atoms with E-state index in [1.54, 1.807) is 22.4 Å². The van der Waals surface area contributed by atoms with E-state index in [4.69, 9.17) is 0 Å². The normalized spacial score (nSPS) is 34.9. The van der Waals surface area contributed by atoms with Crippen molar-refractivity contribution in [2.24, 2.45) is 11.8 Å². The van der Waals surface area contributed by atoms with E-state index >= 15 is 0 Å². The number of allylic oxidation sites excluding steroid dienone is 4. The number of fused-ring (bicyclic) bond motifs is 4. The lowest BCUT2D eigenvalue weighted by Gasteiger charge is -2.47. The standard InChI is InChI=1S/C20H23N/c1-12-9-18-16-7-3-5-14(16)10-21-11-15-6-4-8-17(15)19(13(12)2)20(18)21/h3-4,7-9,14-17H,5-6,10-11H2,1-2H3/t14-,15-,16-,17-/m1/s1. The maximum Gasteiger partial charge on any atom is 0.0446 e. The van der Waals surface area contributed by atoms with Gasteiger partial charge < -0.3 is 4.90 Å². The van der Waals surface area contributed by atoms with Crippen LogP contribution in [0.1, 0.15) is 46.9 Å². The van der Waals surface area contributed by atoms with E-state index in [-0.39, 0.29) is 0 Å². The van der Waals surface area contributed by atoms with Gasteiger partial charge >= 0.3 is 0 Å². The molecule has 0 bridgehead atoms. The van der Waals surface area contributed by atoms with E-state index in [1.807, 2.05) is 0 Å². The Balaban J connectivity index is 1.80. The quantitative estimate of drug-likeness (QED) is 0.633. The molecule has 108 valence electrons. The third-order valence-electron chi connectivity index (χ3n) is 6.39. The molecule has 4 atom stereocenters. The summed E-state index contributed by atoms with van der Waals surface area (Å²) in [7, 11) is 0. The van der Waals surface area contributed by atoms with E-state index in [0.29, 0.717) is 11.8 Å². The molecule has 2 heterocycles. The molecule has 0 saturated carbocycles. The van der Waals surface area contributed by atoms with Crippen LogP contribution in [0.3, 0.4) is 0 Å². The molecule has 0 spiro atoms. The average Bonchev–Trinajstić information content (AvgIpc) is 3.11. The zero-order chi connectivity index (χ0) is 14.1. The molecule has 4 aliphatic rings. The van der Waals surface area contributed by atoms with Crippen LogP contribution in [-0.2, 0) is 0 Å². The van der Waals surface area contributed by atoms with Crippen LogP contribution >= 0.6 is 0 Å². The van der Waals surface area contributed by atoms with Crippen molar-refractivity contribution in [1.82, 2.24) is 0 Å². The van der Waals surface area contributed by atoms with Crippen LogP contribution in [0.2, 0.25) is 0 Å². The van der Waals surface area contributed by atoms with Crippen molar-refractivity contribution >= 4 is 5.69 Å². The third-order valence-corrected chi connectivity index (χ3v) is 6.39. The Kier molecular flexibility index (Phi) is 2.32. The van der Waals surface area contributed by atoms with E-state index in [0.717, 1.165) is 11.8 Å². The van der Waals surface area contributed by atoms with Gasteiger partial charge in [-0.2, -0.15) is 0 Å². The Bertz CT molecular complexity index is 680. The number of anilines is 1. The van der Waals surface area contributed by atoms with Crippen LogP contribution in [-0.4, -0.2) is 13.1 Å². The zero-order valence-corrected chi connectivity index (χ0v) is 13.0. The molecular formula is C20H23N. The monoisotopic (exact) mass is 277 g/mol. The summed E-state index contributed by atoms with van der Waals surface area (Å²) in [5.41, 5.74) is 7.93. The van der Waals surface area contributed by atoms with E-state index in [9.17, 15) is 0 Å². The van der Waals surface area contributed by atoms with Crippen molar-refractivity contribution < 1.29 is 0 Å². The smallest absolute Gasteiger partial charge is 0.0446 e. The molecule has 2 aliphatic heterocycles. The Morgan fingerprint density at radius 2 is 1.62 bits per heavy atom. The molecule has 21 heavy (non-hydrogen) atoms. The largest absolute Gasteiger partial charge is 0.370 e. The molecule has 1 aromatic rings. The molecule has 0 amide bonds. The van der Waals surface area contributed by atoms with Gasteiger partial charge in [-0.25, -0.2) is 0 Å². The highest BCUT2D eigenvalue weighted by Crippen LogP contribution is 2.54. The number of rotatable bonds is 0. The first-order chi connectivity index (χ1) is 10.2. The van der Waals surface area contributed by atoms with E-state index < -0.39 is 0 Å². The predicted octanol–water partition coefficient (Wildman–Crippen LogP) is 4.46. The number of nitrogens with zero attached hydrogens (tertiary/aromatic N) is 1. The van der Waals surface area contributed by atoms with Crippen LogP contribution in [0, 0.1) is 25.7 Å². The minimum Gasteiger partial charge on any atom is -0.370 e. The van der Waals surface area contributed by atoms with Gasteiger partial charge in [-0.15, -0.1) is 0 Å². The Morgan fingerprint density at radius 1 is 0.952 bits per heavy atom. The molecule has 1 heteroatoms. The molecule has 0 saturated heterocycles. The number of benzene rings is 1. The first kappa shape index (κ1) is 12.1. The summed E-state index contributed by atoms with van der Waals surface area (Å²) in [4.78, 5) is 2.74. The third kappa shape index (κ3) is 1.47. The minimum atomic E-state index is 0.677. The molecule has 0 N–H and O–H groups in total. The van der Waals surface area contributed by atoms with Gasteiger partial charge in [0.25, 0.3) is 0 Å². The number of aryl methyl sites for hydroxylation is 1. The fraction of sp³-hybridized carbons (Fsp3) is 0.500. The number of hydrogen-bond acceptors (Lipinski definition) is 1. The molecule has 2 aliphatic carbocycles. The second-order valence-electron chi connectivity index (χ2n) is 7.47. The summed E-state index contributed by atoms with van der Waals surface area (Å²) in [5.74, 6) is 2.99. The fourth-order valence-electron chi connectivity index (χ4n) is 5.27. The summed E-state index contributed by atoms with van der Waals surface area (Å²) in [6, 6.07) is 2.49. The summed E-state index contributed by atoms with van der Waals surface area (Å²) >= 11 is 0. The molecular weight excluding hydrogens is 254 g/mol. The molecule has 5 rings (SSSR count). The van der Waals surface area contributed by atoms with Gasteiger partial charge in [0.1, 0.15) is 0 Å². The molecule has 1 nitrogen and oxygen atoms in total. The Morgan fingerprint density at radius 3 is 2.38 bits per heavy atom. The topological polar surface area (TPSA) is 3.24 Å². The second-order valence-corrected chi connectivity index (χ2v) is 7.47. The van der Waals surface area contributed by atoms with Gasteiger partial charge in [-0.3, -0.25) is 0 Å². The summed E-state index contributed by atoms with van der Waals surface area (Å²) in [6.07, 6.45) is 12.3. The highest BCUT2D eigenvalue weighted by Gasteiger charge is 2.42. The van der Waals surface area contributed by atoms with Gasteiger partial charge in [0.15, 0.2) is 0 Å².